The first-order chi connectivity index (χ1) is 6.74. The lowest BCUT2D eigenvalue weighted by Crippen LogP contribution is -1.93. The van der Waals surface area contributed by atoms with Gasteiger partial charge in [0.05, 0.1) is 0 Å². The Morgan fingerprint density at radius 3 is 2.43 bits per heavy atom. The number of halogens is 1. The molecule has 5 heteroatoms. The van der Waals surface area contributed by atoms with E-state index in [9.17, 15) is 4.79 Å². The van der Waals surface area contributed by atoms with Crippen molar-refractivity contribution in [3.05, 3.63) is 45.7 Å². The summed E-state index contributed by atoms with van der Waals surface area (Å²) in [6.07, 6.45) is 0. The van der Waals surface area contributed by atoms with Crippen LogP contribution in [0.5, 0.6) is 0 Å². The highest BCUT2D eigenvalue weighted by atomic mass is 35.5. The summed E-state index contributed by atoms with van der Waals surface area (Å²) >= 11 is 5.73. The molecule has 1 aromatic carbocycles. The number of aromatic amines is 2. The number of H-pyrrole nitrogens is 2. The molecule has 2 aromatic rings. The summed E-state index contributed by atoms with van der Waals surface area (Å²) in [4.78, 5) is 10.8. The lowest BCUT2D eigenvalue weighted by molar-refractivity contribution is 1.06. The number of benzene rings is 1. The molecule has 3 N–H and O–H groups in total. The Hall–Kier alpha value is -1.68. The Bertz CT molecular complexity index is 471. The predicted octanol–water partition coefficient (Wildman–Crippen LogP) is 2.10. The minimum absolute atomic E-state index is 0.165. The van der Waals surface area contributed by atoms with Crippen LogP contribution in [-0.2, 0) is 0 Å². The van der Waals surface area contributed by atoms with Gasteiger partial charge in [-0.3, -0.25) is 15.0 Å². The van der Waals surface area contributed by atoms with Gasteiger partial charge >= 0.3 is 0 Å². The van der Waals surface area contributed by atoms with Crippen LogP contribution < -0.4 is 10.9 Å². The van der Waals surface area contributed by atoms with E-state index in [1.54, 1.807) is 12.1 Å². The van der Waals surface area contributed by atoms with Gasteiger partial charge in [0.1, 0.15) is 5.82 Å². The molecule has 2 rings (SSSR count). The van der Waals surface area contributed by atoms with Crippen LogP contribution in [0.15, 0.2) is 35.1 Å². The second kappa shape index (κ2) is 3.59. The van der Waals surface area contributed by atoms with Gasteiger partial charge in [0, 0.05) is 16.8 Å². The average Bonchev–Trinajstić information content (AvgIpc) is 2.56. The monoisotopic (exact) mass is 209 g/mol. The summed E-state index contributed by atoms with van der Waals surface area (Å²) < 4.78 is 0. The summed E-state index contributed by atoms with van der Waals surface area (Å²) in [6.45, 7) is 0. The van der Waals surface area contributed by atoms with Gasteiger partial charge in [-0.15, -0.1) is 0 Å². The number of rotatable bonds is 2. The van der Waals surface area contributed by atoms with E-state index in [4.69, 9.17) is 11.6 Å². The fourth-order valence-corrected chi connectivity index (χ4v) is 1.21. The summed E-state index contributed by atoms with van der Waals surface area (Å²) in [5, 5.41) is 8.80. The van der Waals surface area contributed by atoms with E-state index in [0.717, 1.165) is 5.69 Å². The Kier molecular flexibility index (Phi) is 2.28. The second-order valence-electron chi connectivity index (χ2n) is 2.80. The van der Waals surface area contributed by atoms with E-state index < -0.39 is 0 Å². The highest BCUT2D eigenvalue weighted by Crippen LogP contribution is 2.16. The van der Waals surface area contributed by atoms with E-state index >= 15 is 0 Å². The number of aromatic nitrogens is 2. The van der Waals surface area contributed by atoms with Crippen LogP contribution >= 0.6 is 11.6 Å². The van der Waals surface area contributed by atoms with E-state index in [-0.39, 0.29) is 5.56 Å². The largest absolute Gasteiger partial charge is 0.341 e. The standard InChI is InChI=1S/C9H8ClN3O/c10-6-1-3-7(4-2-6)11-8-5-9(14)13-12-8/h1-5H,(H3,11,12,13,14). The third-order valence-electron chi connectivity index (χ3n) is 1.72. The molecule has 0 unspecified atom stereocenters. The third kappa shape index (κ3) is 1.97. The predicted molar refractivity (Wildman–Crippen MR) is 56.1 cm³/mol. The first-order valence-corrected chi connectivity index (χ1v) is 4.42. The molecular formula is C9H8ClN3O. The second-order valence-corrected chi connectivity index (χ2v) is 3.24. The fourth-order valence-electron chi connectivity index (χ4n) is 1.09. The maximum Gasteiger partial charge on any atom is 0.266 e. The fraction of sp³-hybridized carbons (Fsp3) is 0. The number of hydrogen-bond donors (Lipinski definition) is 3. The molecule has 0 radical (unpaired) electrons. The van der Waals surface area contributed by atoms with E-state index in [1.165, 1.54) is 6.07 Å². The highest BCUT2D eigenvalue weighted by molar-refractivity contribution is 6.30. The highest BCUT2D eigenvalue weighted by Gasteiger charge is 1.96. The SMILES string of the molecule is O=c1cc(Nc2ccc(Cl)cc2)[nH][nH]1. The zero-order chi connectivity index (χ0) is 9.97. The number of hydrogen-bond acceptors (Lipinski definition) is 2. The van der Waals surface area contributed by atoms with Gasteiger partial charge in [0.2, 0.25) is 0 Å². The molecule has 4 nitrogen and oxygen atoms in total. The molecule has 0 atom stereocenters. The van der Waals surface area contributed by atoms with E-state index in [1.807, 2.05) is 12.1 Å². The topological polar surface area (TPSA) is 60.7 Å². The van der Waals surface area contributed by atoms with Crippen LogP contribution in [0, 0.1) is 0 Å². The smallest absolute Gasteiger partial charge is 0.266 e. The molecule has 0 spiro atoms. The van der Waals surface area contributed by atoms with Crippen LogP contribution in [0.3, 0.4) is 0 Å². The summed E-state index contributed by atoms with van der Waals surface area (Å²) in [5.74, 6) is 0.623. The molecule has 0 saturated heterocycles. The van der Waals surface area contributed by atoms with Crippen molar-refractivity contribution in [2.24, 2.45) is 0 Å². The molecule has 0 saturated carbocycles. The van der Waals surface area contributed by atoms with Crippen molar-refractivity contribution in [1.82, 2.24) is 10.2 Å². The van der Waals surface area contributed by atoms with Crippen molar-refractivity contribution in [3.8, 4) is 0 Å². The zero-order valence-corrected chi connectivity index (χ0v) is 7.93. The van der Waals surface area contributed by atoms with Gasteiger partial charge in [-0.05, 0) is 24.3 Å². The van der Waals surface area contributed by atoms with Gasteiger partial charge in [-0.1, -0.05) is 11.6 Å². The minimum atomic E-state index is -0.165. The summed E-state index contributed by atoms with van der Waals surface area (Å²) in [7, 11) is 0. The van der Waals surface area contributed by atoms with Gasteiger partial charge in [-0.2, -0.15) is 0 Å². The normalized spacial score (nSPS) is 10.1. The van der Waals surface area contributed by atoms with Crippen LogP contribution in [0.25, 0.3) is 0 Å². The molecular weight excluding hydrogens is 202 g/mol. The zero-order valence-electron chi connectivity index (χ0n) is 7.17. The van der Waals surface area contributed by atoms with Gasteiger partial charge < -0.3 is 5.32 Å². The Balaban J connectivity index is 2.19. The summed E-state index contributed by atoms with van der Waals surface area (Å²) in [6, 6.07) is 8.64. The van der Waals surface area contributed by atoms with E-state index in [2.05, 4.69) is 15.5 Å². The van der Waals surface area contributed by atoms with Crippen molar-refractivity contribution >= 4 is 23.1 Å². The summed E-state index contributed by atoms with van der Waals surface area (Å²) in [5.41, 5.74) is 0.700. The lowest BCUT2D eigenvalue weighted by atomic mass is 10.3. The van der Waals surface area contributed by atoms with Crippen LogP contribution in [-0.4, -0.2) is 10.2 Å². The number of nitrogens with one attached hydrogen (secondary N) is 3. The molecule has 0 bridgehead atoms. The Labute approximate surface area is 84.9 Å². The molecule has 0 fully saturated rings. The van der Waals surface area contributed by atoms with Crippen molar-refractivity contribution in [2.45, 2.75) is 0 Å². The van der Waals surface area contributed by atoms with Crippen molar-refractivity contribution in [3.63, 3.8) is 0 Å². The van der Waals surface area contributed by atoms with Gasteiger partial charge in [-0.25, -0.2) is 0 Å². The van der Waals surface area contributed by atoms with Gasteiger partial charge in [0.15, 0.2) is 0 Å². The van der Waals surface area contributed by atoms with Crippen LogP contribution in [0.1, 0.15) is 0 Å². The molecule has 1 heterocycles. The van der Waals surface area contributed by atoms with Crippen molar-refractivity contribution in [2.75, 3.05) is 5.32 Å². The molecule has 72 valence electrons. The Morgan fingerprint density at radius 1 is 1.14 bits per heavy atom. The molecule has 0 aliphatic carbocycles. The Morgan fingerprint density at radius 2 is 1.86 bits per heavy atom. The molecule has 0 aliphatic rings. The molecule has 0 aliphatic heterocycles. The maximum absolute atomic E-state index is 10.8. The molecule has 1 aromatic heterocycles. The van der Waals surface area contributed by atoms with Crippen molar-refractivity contribution in [1.29, 1.82) is 0 Å². The number of anilines is 2. The maximum atomic E-state index is 10.8. The first kappa shape index (κ1) is 8.90. The van der Waals surface area contributed by atoms with Crippen LogP contribution in [0.2, 0.25) is 5.02 Å². The minimum Gasteiger partial charge on any atom is -0.341 e. The lowest BCUT2D eigenvalue weighted by Gasteiger charge is -2.02. The van der Waals surface area contributed by atoms with Gasteiger partial charge in [0.25, 0.3) is 5.56 Å². The molecule has 14 heavy (non-hydrogen) atoms. The third-order valence-corrected chi connectivity index (χ3v) is 1.97. The van der Waals surface area contributed by atoms with E-state index in [0.29, 0.717) is 10.8 Å². The quantitative estimate of drug-likeness (QED) is 0.710. The first-order valence-electron chi connectivity index (χ1n) is 4.04. The van der Waals surface area contributed by atoms with Crippen molar-refractivity contribution < 1.29 is 0 Å². The average molecular weight is 210 g/mol. The molecule has 0 amide bonds. The van der Waals surface area contributed by atoms with Crippen LogP contribution in [0.4, 0.5) is 11.5 Å².